The number of hydrogen-bond acceptors (Lipinski definition) is 3. The molecule has 20 heavy (non-hydrogen) atoms. The van der Waals surface area contributed by atoms with Gasteiger partial charge in [-0.15, -0.1) is 0 Å². The summed E-state index contributed by atoms with van der Waals surface area (Å²) in [5, 5.41) is 3.23. The first-order chi connectivity index (χ1) is 9.69. The zero-order valence-corrected chi connectivity index (χ0v) is 11.8. The van der Waals surface area contributed by atoms with Crippen molar-refractivity contribution in [3.8, 4) is 5.75 Å². The summed E-state index contributed by atoms with van der Waals surface area (Å²) in [4.78, 5) is 4.50. The van der Waals surface area contributed by atoms with Gasteiger partial charge in [0.05, 0.1) is 11.4 Å². The third-order valence-corrected chi connectivity index (χ3v) is 2.94. The predicted molar refractivity (Wildman–Crippen MR) is 77.1 cm³/mol. The quantitative estimate of drug-likeness (QED) is 0.878. The molecule has 0 saturated carbocycles. The maximum atomic E-state index is 13.2. The monoisotopic (exact) mass is 274 g/mol. The van der Waals surface area contributed by atoms with Crippen molar-refractivity contribution < 1.29 is 9.13 Å². The Morgan fingerprint density at radius 1 is 1.20 bits per heavy atom. The van der Waals surface area contributed by atoms with E-state index in [9.17, 15) is 4.39 Å². The number of halogens is 1. The maximum absolute atomic E-state index is 13.2. The lowest BCUT2D eigenvalue weighted by Gasteiger charge is -2.08. The van der Waals surface area contributed by atoms with E-state index in [0.29, 0.717) is 17.9 Å². The number of aryl methyl sites for hydroxylation is 1. The Kier molecular flexibility index (Phi) is 5.07. The molecule has 106 valence electrons. The van der Waals surface area contributed by atoms with Crippen LogP contribution in [-0.4, -0.2) is 11.5 Å². The van der Waals surface area contributed by atoms with Gasteiger partial charge < -0.3 is 10.1 Å². The number of rotatable bonds is 6. The Morgan fingerprint density at radius 2 is 2.00 bits per heavy atom. The van der Waals surface area contributed by atoms with Crippen LogP contribution in [0.1, 0.15) is 23.9 Å². The molecule has 0 fully saturated rings. The van der Waals surface area contributed by atoms with Crippen molar-refractivity contribution in [3.05, 3.63) is 59.2 Å². The van der Waals surface area contributed by atoms with Crippen molar-refractivity contribution in [2.24, 2.45) is 0 Å². The Hall–Kier alpha value is -1.94. The summed E-state index contributed by atoms with van der Waals surface area (Å²) >= 11 is 0. The fraction of sp³-hybridized carbons (Fsp3) is 0.312. The summed E-state index contributed by atoms with van der Waals surface area (Å²) in [5.74, 6) is 0.436. The summed E-state index contributed by atoms with van der Waals surface area (Å²) in [6.45, 7) is 5.82. The lowest BCUT2D eigenvalue weighted by atomic mass is 10.2. The van der Waals surface area contributed by atoms with Gasteiger partial charge in [0.2, 0.25) is 0 Å². The summed E-state index contributed by atoms with van der Waals surface area (Å²) < 4.78 is 18.8. The van der Waals surface area contributed by atoms with Gasteiger partial charge in [-0.3, -0.25) is 4.98 Å². The standard InChI is InChI=1S/C16H19FN2O/c1-3-18-10-13-5-4-6-14(19-13)11-20-15-7-8-16(17)12(2)9-15/h4-9,18H,3,10-11H2,1-2H3. The van der Waals surface area contributed by atoms with Gasteiger partial charge in [0, 0.05) is 6.54 Å². The van der Waals surface area contributed by atoms with Crippen molar-refractivity contribution in [2.45, 2.75) is 27.0 Å². The number of nitrogens with one attached hydrogen (secondary N) is 1. The molecule has 2 aromatic rings. The van der Waals surface area contributed by atoms with E-state index in [-0.39, 0.29) is 5.82 Å². The molecule has 0 unspecified atom stereocenters. The van der Waals surface area contributed by atoms with E-state index in [4.69, 9.17) is 4.74 Å². The number of pyridine rings is 1. The summed E-state index contributed by atoms with van der Waals surface area (Å²) in [7, 11) is 0. The highest BCUT2D eigenvalue weighted by molar-refractivity contribution is 5.29. The Bertz CT molecular complexity index is 572. The zero-order chi connectivity index (χ0) is 14.4. The van der Waals surface area contributed by atoms with E-state index in [1.54, 1.807) is 19.1 Å². The fourth-order valence-electron chi connectivity index (χ4n) is 1.83. The molecule has 0 spiro atoms. The van der Waals surface area contributed by atoms with E-state index < -0.39 is 0 Å². The van der Waals surface area contributed by atoms with E-state index in [0.717, 1.165) is 24.5 Å². The molecular weight excluding hydrogens is 255 g/mol. The van der Waals surface area contributed by atoms with Gasteiger partial charge in [0.15, 0.2) is 0 Å². The molecule has 2 rings (SSSR count). The second-order valence-corrected chi connectivity index (χ2v) is 4.60. The summed E-state index contributed by atoms with van der Waals surface area (Å²) in [6, 6.07) is 10.6. The van der Waals surface area contributed by atoms with E-state index >= 15 is 0 Å². The Morgan fingerprint density at radius 3 is 2.75 bits per heavy atom. The number of nitrogens with zero attached hydrogens (tertiary/aromatic N) is 1. The highest BCUT2D eigenvalue weighted by atomic mass is 19.1. The third-order valence-electron chi connectivity index (χ3n) is 2.94. The van der Waals surface area contributed by atoms with Crippen molar-refractivity contribution in [1.82, 2.24) is 10.3 Å². The molecule has 0 aliphatic rings. The second-order valence-electron chi connectivity index (χ2n) is 4.60. The second kappa shape index (κ2) is 7.01. The van der Waals surface area contributed by atoms with Gasteiger partial charge in [-0.1, -0.05) is 13.0 Å². The van der Waals surface area contributed by atoms with E-state index in [2.05, 4.69) is 17.2 Å². The highest BCUT2D eigenvalue weighted by Gasteiger charge is 2.02. The van der Waals surface area contributed by atoms with Gasteiger partial charge in [-0.05, 0) is 49.4 Å². The van der Waals surface area contributed by atoms with Crippen molar-refractivity contribution >= 4 is 0 Å². The minimum absolute atomic E-state index is 0.219. The van der Waals surface area contributed by atoms with Crippen LogP contribution in [0.15, 0.2) is 36.4 Å². The van der Waals surface area contributed by atoms with Gasteiger partial charge in [-0.25, -0.2) is 4.39 Å². The van der Waals surface area contributed by atoms with Gasteiger partial charge in [0.1, 0.15) is 18.2 Å². The predicted octanol–water partition coefficient (Wildman–Crippen LogP) is 3.22. The third kappa shape index (κ3) is 4.03. The van der Waals surface area contributed by atoms with Crippen LogP contribution in [-0.2, 0) is 13.2 Å². The molecule has 1 heterocycles. The molecule has 4 heteroatoms. The minimum atomic E-state index is -0.219. The van der Waals surface area contributed by atoms with Gasteiger partial charge >= 0.3 is 0 Å². The van der Waals surface area contributed by atoms with E-state index in [1.165, 1.54) is 6.07 Å². The lowest BCUT2D eigenvalue weighted by Crippen LogP contribution is -2.13. The van der Waals surface area contributed by atoms with Crippen molar-refractivity contribution in [2.75, 3.05) is 6.54 Å². The van der Waals surface area contributed by atoms with Gasteiger partial charge in [0.25, 0.3) is 0 Å². The van der Waals surface area contributed by atoms with Crippen LogP contribution < -0.4 is 10.1 Å². The van der Waals surface area contributed by atoms with Crippen LogP contribution in [0.4, 0.5) is 4.39 Å². The molecule has 0 aliphatic heterocycles. The molecule has 1 aromatic carbocycles. The largest absolute Gasteiger partial charge is 0.487 e. The van der Waals surface area contributed by atoms with Crippen LogP contribution in [0.25, 0.3) is 0 Å². The SMILES string of the molecule is CCNCc1cccc(COc2ccc(F)c(C)c2)n1. The molecule has 0 aliphatic carbocycles. The average Bonchev–Trinajstić information content (AvgIpc) is 2.47. The molecule has 1 aromatic heterocycles. The van der Waals surface area contributed by atoms with E-state index in [1.807, 2.05) is 18.2 Å². The molecule has 0 radical (unpaired) electrons. The number of benzene rings is 1. The molecule has 0 amide bonds. The topological polar surface area (TPSA) is 34.1 Å². The first-order valence-electron chi connectivity index (χ1n) is 6.73. The van der Waals surface area contributed by atoms with Crippen molar-refractivity contribution in [3.63, 3.8) is 0 Å². The van der Waals surface area contributed by atoms with Crippen LogP contribution in [0, 0.1) is 12.7 Å². The average molecular weight is 274 g/mol. The summed E-state index contributed by atoms with van der Waals surface area (Å²) in [5.41, 5.74) is 2.43. The number of ether oxygens (including phenoxy) is 1. The first-order valence-corrected chi connectivity index (χ1v) is 6.73. The van der Waals surface area contributed by atoms with Crippen LogP contribution in [0.3, 0.4) is 0 Å². The normalized spacial score (nSPS) is 10.6. The smallest absolute Gasteiger partial charge is 0.130 e. The molecule has 0 atom stereocenters. The van der Waals surface area contributed by atoms with Crippen LogP contribution >= 0.6 is 0 Å². The fourth-order valence-corrected chi connectivity index (χ4v) is 1.83. The highest BCUT2D eigenvalue weighted by Crippen LogP contribution is 2.17. The maximum Gasteiger partial charge on any atom is 0.130 e. The lowest BCUT2D eigenvalue weighted by molar-refractivity contribution is 0.300. The zero-order valence-electron chi connectivity index (χ0n) is 11.8. The van der Waals surface area contributed by atoms with Gasteiger partial charge in [-0.2, -0.15) is 0 Å². The Labute approximate surface area is 118 Å². The Balaban J connectivity index is 1.97. The molecule has 0 bridgehead atoms. The van der Waals surface area contributed by atoms with Crippen molar-refractivity contribution in [1.29, 1.82) is 0 Å². The first kappa shape index (κ1) is 14.5. The molecule has 0 saturated heterocycles. The molecule has 1 N–H and O–H groups in total. The van der Waals surface area contributed by atoms with Crippen LogP contribution in [0.5, 0.6) is 5.75 Å². The summed E-state index contributed by atoms with van der Waals surface area (Å²) in [6.07, 6.45) is 0. The number of hydrogen-bond donors (Lipinski definition) is 1. The molecular formula is C16H19FN2O. The minimum Gasteiger partial charge on any atom is -0.487 e. The molecule has 3 nitrogen and oxygen atoms in total. The number of aromatic nitrogens is 1. The van der Waals surface area contributed by atoms with Crippen LogP contribution in [0.2, 0.25) is 0 Å².